The average molecular weight is 100 g/mol. The second kappa shape index (κ2) is 1.50. The van der Waals surface area contributed by atoms with Crippen LogP contribution in [0, 0.1) is 0 Å². The van der Waals surface area contributed by atoms with Crippen LogP contribution in [0.25, 0.3) is 0 Å². The summed E-state index contributed by atoms with van der Waals surface area (Å²) in [6, 6.07) is 0. The summed E-state index contributed by atoms with van der Waals surface area (Å²) in [6.07, 6.45) is -0.111. The highest BCUT2D eigenvalue weighted by Crippen LogP contribution is 1.95. The van der Waals surface area contributed by atoms with E-state index in [1.54, 1.807) is 6.92 Å². The minimum atomic E-state index is -0.111. The van der Waals surface area contributed by atoms with Crippen LogP contribution in [-0.2, 0) is 4.74 Å². The molecule has 0 aromatic rings. The lowest BCUT2D eigenvalue weighted by atomic mass is 10.6. The van der Waals surface area contributed by atoms with Crippen LogP contribution in [-0.4, -0.2) is 18.7 Å². The topological polar surface area (TPSA) is 47.6 Å². The number of ether oxygens (including phenoxy) is 1. The first kappa shape index (κ1) is 4.59. The van der Waals surface area contributed by atoms with E-state index in [1.165, 1.54) is 0 Å². The van der Waals surface area contributed by atoms with Gasteiger partial charge in [0.2, 0.25) is 0 Å². The molecule has 0 saturated heterocycles. The van der Waals surface area contributed by atoms with Gasteiger partial charge >= 0.3 is 0 Å². The summed E-state index contributed by atoms with van der Waals surface area (Å²) in [5.74, 6) is 0.701. The lowest BCUT2D eigenvalue weighted by Gasteiger charge is -1.90. The molecule has 1 rings (SSSR count). The van der Waals surface area contributed by atoms with Gasteiger partial charge in [0.1, 0.15) is 12.8 Å². The Morgan fingerprint density at radius 1 is 2.00 bits per heavy atom. The van der Waals surface area contributed by atoms with Crippen molar-refractivity contribution < 1.29 is 4.74 Å². The number of rotatable bonds is 0. The molecule has 1 heterocycles. The zero-order valence-corrected chi connectivity index (χ0v) is 4.22. The van der Waals surface area contributed by atoms with E-state index >= 15 is 0 Å². The molecule has 40 valence electrons. The van der Waals surface area contributed by atoms with Gasteiger partial charge in [-0.2, -0.15) is 0 Å². The van der Waals surface area contributed by atoms with Crippen molar-refractivity contribution in [1.82, 2.24) is 0 Å². The second-order valence-electron chi connectivity index (χ2n) is 1.53. The van der Waals surface area contributed by atoms with Gasteiger partial charge < -0.3 is 10.5 Å². The van der Waals surface area contributed by atoms with Gasteiger partial charge in [-0.15, -0.1) is 0 Å². The molecule has 0 aliphatic carbocycles. The number of nitrogens with two attached hydrogens (primary N) is 1. The van der Waals surface area contributed by atoms with Gasteiger partial charge in [0.05, 0.1) is 0 Å². The van der Waals surface area contributed by atoms with Gasteiger partial charge in [-0.05, 0) is 0 Å². The van der Waals surface area contributed by atoms with E-state index in [0.29, 0.717) is 12.5 Å². The molecule has 0 fully saturated rings. The van der Waals surface area contributed by atoms with Crippen LogP contribution < -0.4 is 5.73 Å². The van der Waals surface area contributed by atoms with Crippen molar-refractivity contribution in [2.75, 3.05) is 6.61 Å². The molecular formula is C4H8N2O. The molecule has 1 aliphatic rings. The molecule has 0 bridgehead atoms. The first-order valence-corrected chi connectivity index (χ1v) is 2.22. The van der Waals surface area contributed by atoms with E-state index in [0.717, 1.165) is 0 Å². The quantitative estimate of drug-likeness (QED) is 0.455. The normalized spacial score (nSPS) is 29.4. The van der Waals surface area contributed by atoms with Gasteiger partial charge in [-0.1, -0.05) is 0 Å². The van der Waals surface area contributed by atoms with Crippen LogP contribution in [0.5, 0.6) is 0 Å². The fraction of sp³-hybridized carbons (Fsp3) is 0.750. The first-order valence-electron chi connectivity index (χ1n) is 2.22. The summed E-state index contributed by atoms with van der Waals surface area (Å²) >= 11 is 0. The highest BCUT2D eigenvalue weighted by molar-refractivity contribution is 5.74. The molecule has 1 aliphatic heterocycles. The van der Waals surface area contributed by atoms with E-state index in [4.69, 9.17) is 10.5 Å². The average Bonchev–Trinajstić information content (AvgIpc) is 1.87. The van der Waals surface area contributed by atoms with Crippen LogP contribution in [0.4, 0.5) is 0 Å². The smallest absolute Gasteiger partial charge is 0.181 e. The predicted molar refractivity (Wildman–Crippen MR) is 27.0 cm³/mol. The Morgan fingerprint density at radius 2 is 2.71 bits per heavy atom. The molecule has 0 amide bonds. The van der Waals surface area contributed by atoms with Crippen molar-refractivity contribution in [3.05, 3.63) is 0 Å². The third-order valence-electron chi connectivity index (χ3n) is 0.811. The van der Waals surface area contributed by atoms with Gasteiger partial charge in [0, 0.05) is 6.92 Å². The number of aliphatic imine (C=N–C) groups is 1. The number of nitrogens with zero attached hydrogens (tertiary/aromatic N) is 1. The molecule has 3 nitrogen and oxygen atoms in total. The monoisotopic (exact) mass is 100 g/mol. The third-order valence-corrected chi connectivity index (χ3v) is 0.811. The molecule has 3 heteroatoms. The third kappa shape index (κ3) is 0.899. The van der Waals surface area contributed by atoms with Crippen molar-refractivity contribution in [1.29, 1.82) is 0 Å². The maximum atomic E-state index is 5.31. The zero-order valence-electron chi connectivity index (χ0n) is 4.22. The first-order chi connectivity index (χ1) is 3.29. The largest absolute Gasteiger partial charge is 0.477 e. The molecule has 7 heavy (non-hydrogen) atoms. The number of hydrogen-bond donors (Lipinski definition) is 1. The van der Waals surface area contributed by atoms with E-state index < -0.39 is 0 Å². The highest BCUT2D eigenvalue weighted by Gasteiger charge is 2.08. The van der Waals surface area contributed by atoms with Crippen LogP contribution in [0.2, 0.25) is 0 Å². The molecule has 0 spiro atoms. The molecule has 0 aromatic heterocycles. The van der Waals surface area contributed by atoms with Gasteiger partial charge in [0.25, 0.3) is 0 Å². The van der Waals surface area contributed by atoms with Gasteiger partial charge in [0.15, 0.2) is 5.90 Å². The Hall–Kier alpha value is -0.570. The molecule has 1 unspecified atom stereocenters. The summed E-state index contributed by atoms with van der Waals surface area (Å²) in [5, 5.41) is 0. The van der Waals surface area contributed by atoms with Crippen molar-refractivity contribution in [3.8, 4) is 0 Å². The Morgan fingerprint density at radius 3 is 2.86 bits per heavy atom. The minimum Gasteiger partial charge on any atom is -0.477 e. The Labute approximate surface area is 42.2 Å². The zero-order chi connectivity index (χ0) is 5.28. The van der Waals surface area contributed by atoms with E-state index in [1.807, 2.05) is 0 Å². The second-order valence-corrected chi connectivity index (χ2v) is 1.53. The number of hydrogen-bond acceptors (Lipinski definition) is 3. The molecular weight excluding hydrogens is 92.1 g/mol. The summed E-state index contributed by atoms with van der Waals surface area (Å²) in [4.78, 5) is 3.86. The van der Waals surface area contributed by atoms with Crippen molar-refractivity contribution in [3.63, 3.8) is 0 Å². The standard InChI is InChI=1S/C4H8N2O/c1-3-6-4(5)2-7-3/h4H,2,5H2,1H3. The SMILES string of the molecule is CC1=NC(N)CO1. The summed E-state index contributed by atoms with van der Waals surface area (Å²) < 4.78 is 4.89. The van der Waals surface area contributed by atoms with E-state index in [-0.39, 0.29) is 6.17 Å². The van der Waals surface area contributed by atoms with E-state index in [2.05, 4.69) is 4.99 Å². The van der Waals surface area contributed by atoms with Crippen LogP contribution in [0.15, 0.2) is 4.99 Å². The maximum Gasteiger partial charge on any atom is 0.181 e. The van der Waals surface area contributed by atoms with Gasteiger partial charge in [-0.25, -0.2) is 4.99 Å². The summed E-state index contributed by atoms with van der Waals surface area (Å²) in [5.41, 5.74) is 5.31. The highest BCUT2D eigenvalue weighted by atomic mass is 16.5. The summed E-state index contributed by atoms with van der Waals surface area (Å²) in [6.45, 7) is 2.35. The fourth-order valence-electron chi connectivity index (χ4n) is 0.514. The Bertz CT molecular complexity index is 99.9. The van der Waals surface area contributed by atoms with Gasteiger partial charge in [-0.3, -0.25) is 0 Å². The maximum absolute atomic E-state index is 5.31. The molecule has 0 radical (unpaired) electrons. The lowest BCUT2D eigenvalue weighted by Crippen LogP contribution is -2.17. The van der Waals surface area contributed by atoms with Crippen molar-refractivity contribution in [2.24, 2.45) is 10.7 Å². The van der Waals surface area contributed by atoms with Crippen LogP contribution in [0.1, 0.15) is 6.92 Å². The molecule has 1 atom stereocenters. The van der Waals surface area contributed by atoms with Crippen LogP contribution in [0.3, 0.4) is 0 Å². The summed E-state index contributed by atoms with van der Waals surface area (Å²) in [7, 11) is 0. The van der Waals surface area contributed by atoms with Crippen molar-refractivity contribution in [2.45, 2.75) is 13.1 Å². The van der Waals surface area contributed by atoms with E-state index in [9.17, 15) is 0 Å². The molecule has 2 N–H and O–H groups in total. The molecule has 0 saturated carbocycles. The minimum absolute atomic E-state index is 0.111. The lowest BCUT2D eigenvalue weighted by molar-refractivity contribution is 0.317. The predicted octanol–water partition coefficient (Wildman–Crippen LogP) is -0.280. The Kier molecular flexibility index (Phi) is 0.982. The molecule has 0 aromatic carbocycles. The fourth-order valence-corrected chi connectivity index (χ4v) is 0.514. The van der Waals surface area contributed by atoms with Crippen molar-refractivity contribution >= 4 is 5.90 Å². The van der Waals surface area contributed by atoms with Crippen LogP contribution >= 0.6 is 0 Å². The Balaban J connectivity index is 2.50.